The molecule has 0 radical (unpaired) electrons. The van der Waals surface area contributed by atoms with Gasteiger partial charge in [-0.2, -0.15) is 0 Å². The normalized spacial score (nSPS) is 10.4. The van der Waals surface area contributed by atoms with Crippen molar-refractivity contribution in [2.75, 3.05) is 0 Å². The zero-order valence-corrected chi connectivity index (χ0v) is 12.8. The summed E-state index contributed by atoms with van der Waals surface area (Å²) in [5, 5.41) is 7.82. The molecule has 0 unspecified atom stereocenters. The molecule has 0 saturated heterocycles. The lowest BCUT2D eigenvalue weighted by atomic mass is 10.1. The molecule has 0 fully saturated rings. The first-order valence-corrected chi connectivity index (χ1v) is 7.38. The van der Waals surface area contributed by atoms with Crippen molar-refractivity contribution in [1.82, 2.24) is 0 Å². The van der Waals surface area contributed by atoms with E-state index in [-0.39, 0.29) is 5.84 Å². The van der Waals surface area contributed by atoms with Crippen molar-refractivity contribution >= 4 is 17.4 Å². The second-order valence-electron chi connectivity index (χ2n) is 4.90. The summed E-state index contributed by atoms with van der Waals surface area (Å²) < 4.78 is 5.76. The number of hydrogen-bond donors (Lipinski definition) is 2. The van der Waals surface area contributed by atoms with Crippen LogP contribution >= 0.6 is 11.6 Å². The van der Waals surface area contributed by atoms with Gasteiger partial charge in [-0.3, -0.25) is 5.41 Å². The van der Waals surface area contributed by atoms with Gasteiger partial charge < -0.3 is 10.5 Å². The van der Waals surface area contributed by atoms with Gasteiger partial charge in [-0.25, -0.2) is 0 Å². The summed E-state index contributed by atoms with van der Waals surface area (Å²) in [4.78, 5) is 0. The first-order valence-electron chi connectivity index (χ1n) is 7.01. The van der Waals surface area contributed by atoms with Gasteiger partial charge in [-0.05, 0) is 42.7 Å². The Bertz CT molecular complexity index is 623. The van der Waals surface area contributed by atoms with Crippen LogP contribution in [0.3, 0.4) is 0 Å². The molecule has 110 valence electrons. The molecule has 0 atom stereocenters. The van der Waals surface area contributed by atoms with Crippen molar-refractivity contribution in [2.45, 2.75) is 26.2 Å². The molecule has 0 aromatic heterocycles. The zero-order chi connectivity index (χ0) is 15.2. The van der Waals surface area contributed by atoms with E-state index in [4.69, 9.17) is 27.5 Å². The molecule has 4 heteroatoms. The largest absolute Gasteiger partial charge is 0.457 e. The van der Waals surface area contributed by atoms with E-state index in [1.54, 1.807) is 18.2 Å². The number of ether oxygens (including phenoxy) is 1. The summed E-state index contributed by atoms with van der Waals surface area (Å²) in [5.41, 5.74) is 7.26. The summed E-state index contributed by atoms with van der Waals surface area (Å²) in [6, 6.07) is 13.2. The molecule has 21 heavy (non-hydrogen) atoms. The number of benzene rings is 2. The average Bonchev–Trinajstić information content (AvgIpc) is 2.46. The van der Waals surface area contributed by atoms with Crippen LogP contribution in [0.15, 0.2) is 42.5 Å². The van der Waals surface area contributed by atoms with Crippen LogP contribution in [0.1, 0.15) is 30.9 Å². The van der Waals surface area contributed by atoms with Gasteiger partial charge in [0.25, 0.3) is 0 Å². The number of halogens is 1. The molecule has 0 aliphatic heterocycles. The molecule has 3 N–H and O–H groups in total. The molecule has 0 aliphatic carbocycles. The maximum atomic E-state index is 7.40. The smallest absolute Gasteiger partial charge is 0.128 e. The van der Waals surface area contributed by atoms with Crippen LogP contribution in [0.2, 0.25) is 5.02 Å². The van der Waals surface area contributed by atoms with Gasteiger partial charge in [0.15, 0.2) is 0 Å². The van der Waals surface area contributed by atoms with E-state index < -0.39 is 0 Å². The van der Waals surface area contributed by atoms with Gasteiger partial charge >= 0.3 is 0 Å². The van der Waals surface area contributed by atoms with E-state index in [2.05, 4.69) is 19.1 Å². The van der Waals surface area contributed by atoms with Gasteiger partial charge in [0.1, 0.15) is 17.3 Å². The first kappa shape index (κ1) is 15.4. The first-order chi connectivity index (χ1) is 10.1. The molecule has 0 amide bonds. The predicted octanol–water partition coefficient (Wildman–Crippen LogP) is 4.76. The molecule has 2 rings (SSSR count). The Balaban J connectivity index is 2.07. The molecule has 0 saturated carbocycles. The second-order valence-corrected chi connectivity index (χ2v) is 5.31. The Morgan fingerprint density at radius 1 is 1.14 bits per heavy atom. The Labute approximate surface area is 130 Å². The highest BCUT2D eigenvalue weighted by Crippen LogP contribution is 2.27. The lowest BCUT2D eigenvalue weighted by Gasteiger charge is -2.09. The number of nitrogens with two attached hydrogens (primary N) is 1. The number of rotatable bonds is 6. The SMILES string of the molecule is CCCCc1ccc(Oc2ccc(C(=N)N)c(Cl)c2)cc1. The van der Waals surface area contributed by atoms with Crippen LogP contribution < -0.4 is 10.5 Å². The molecular weight excluding hydrogens is 284 g/mol. The fourth-order valence-electron chi connectivity index (χ4n) is 2.02. The molecule has 3 nitrogen and oxygen atoms in total. The summed E-state index contributed by atoms with van der Waals surface area (Å²) in [7, 11) is 0. The number of nitrogens with one attached hydrogen (secondary N) is 1. The molecule has 0 bridgehead atoms. The minimum absolute atomic E-state index is 0.0492. The van der Waals surface area contributed by atoms with E-state index in [1.165, 1.54) is 18.4 Å². The zero-order valence-electron chi connectivity index (χ0n) is 12.0. The van der Waals surface area contributed by atoms with Crippen molar-refractivity contribution < 1.29 is 4.74 Å². The third kappa shape index (κ3) is 4.23. The minimum atomic E-state index is -0.0492. The highest BCUT2D eigenvalue weighted by atomic mass is 35.5. The monoisotopic (exact) mass is 302 g/mol. The van der Waals surface area contributed by atoms with E-state index >= 15 is 0 Å². The lowest BCUT2D eigenvalue weighted by Crippen LogP contribution is -2.11. The predicted molar refractivity (Wildman–Crippen MR) is 87.6 cm³/mol. The van der Waals surface area contributed by atoms with Crippen LogP contribution in [0.5, 0.6) is 11.5 Å². The highest BCUT2D eigenvalue weighted by molar-refractivity contribution is 6.34. The third-order valence-corrected chi connectivity index (χ3v) is 3.52. The van der Waals surface area contributed by atoms with Gasteiger partial charge in [0, 0.05) is 11.6 Å². The van der Waals surface area contributed by atoms with Gasteiger partial charge in [-0.15, -0.1) is 0 Å². The van der Waals surface area contributed by atoms with E-state index in [1.807, 2.05) is 12.1 Å². The number of aryl methyl sites for hydroxylation is 1. The third-order valence-electron chi connectivity index (χ3n) is 3.21. The highest BCUT2D eigenvalue weighted by Gasteiger charge is 2.06. The minimum Gasteiger partial charge on any atom is -0.457 e. The number of nitrogen functional groups attached to an aromatic ring is 1. The fourth-order valence-corrected chi connectivity index (χ4v) is 2.29. The van der Waals surface area contributed by atoms with Gasteiger partial charge in [0.2, 0.25) is 0 Å². The van der Waals surface area contributed by atoms with Crippen LogP contribution in [0.25, 0.3) is 0 Å². The van der Waals surface area contributed by atoms with Crippen LogP contribution in [-0.2, 0) is 6.42 Å². The van der Waals surface area contributed by atoms with Crippen LogP contribution in [-0.4, -0.2) is 5.84 Å². The van der Waals surface area contributed by atoms with Crippen molar-refractivity contribution in [2.24, 2.45) is 5.73 Å². The standard InChI is InChI=1S/C17H19ClN2O/c1-2-3-4-12-5-7-13(8-6-12)21-14-9-10-15(17(19)20)16(18)11-14/h5-11H,2-4H2,1H3,(H3,19,20). The quantitative estimate of drug-likeness (QED) is 0.597. The molecule has 0 aliphatic rings. The van der Waals surface area contributed by atoms with Gasteiger partial charge in [0.05, 0.1) is 5.02 Å². The van der Waals surface area contributed by atoms with E-state index in [0.717, 1.165) is 12.2 Å². The lowest BCUT2D eigenvalue weighted by molar-refractivity contribution is 0.482. The summed E-state index contributed by atoms with van der Waals surface area (Å²) in [6.07, 6.45) is 3.48. The topological polar surface area (TPSA) is 59.1 Å². The summed E-state index contributed by atoms with van der Waals surface area (Å²) in [6.45, 7) is 2.19. The molecule has 2 aromatic rings. The second kappa shape index (κ2) is 7.14. The van der Waals surface area contributed by atoms with Crippen molar-refractivity contribution in [3.63, 3.8) is 0 Å². The number of hydrogen-bond acceptors (Lipinski definition) is 2. The molecule has 2 aromatic carbocycles. The molecular formula is C17H19ClN2O. The number of unbranched alkanes of at least 4 members (excludes halogenated alkanes) is 1. The van der Waals surface area contributed by atoms with Crippen molar-refractivity contribution in [1.29, 1.82) is 5.41 Å². The Morgan fingerprint density at radius 3 is 2.38 bits per heavy atom. The Hall–Kier alpha value is -2.00. The average molecular weight is 303 g/mol. The van der Waals surface area contributed by atoms with E-state index in [9.17, 15) is 0 Å². The maximum Gasteiger partial charge on any atom is 0.128 e. The molecule has 0 heterocycles. The van der Waals surface area contributed by atoms with Crippen molar-refractivity contribution in [3.8, 4) is 11.5 Å². The summed E-state index contributed by atoms with van der Waals surface area (Å²) in [5.74, 6) is 1.35. The summed E-state index contributed by atoms with van der Waals surface area (Å²) >= 11 is 6.07. The van der Waals surface area contributed by atoms with Crippen LogP contribution in [0.4, 0.5) is 0 Å². The Kier molecular flexibility index (Phi) is 5.23. The van der Waals surface area contributed by atoms with Gasteiger partial charge in [-0.1, -0.05) is 37.1 Å². The van der Waals surface area contributed by atoms with Crippen LogP contribution in [0, 0.1) is 5.41 Å². The number of amidine groups is 1. The maximum absolute atomic E-state index is 7.40. The fraction of sp³-hybridized carbons (Fsp3) is 0.235. The van der Waals surface area contributed by atoms with E-state index in [0.29, 0.717) is 16.3 Å². The van der Waals surface area contributed by atoms with Crippen molar-refractivity contribution in [3.05, 3.63) is 58.6 Å². The Morgan fingerprint density at radius 2 is 1.81 bits per heavy atom. The molecule has 0 spiro atoms.